The van der Waals surface area contributed by atoms with E-state index >= 15 is 0 Å². The fourth-order valence-electron chi connectivity index (χ4n) is 3.20. The summed E-state index contributed by atoms with van der Waals surface area (Å²) >= 11 is 3.46. The number of hydrogen-bond donors (Lipinski definition) is 1. The molecule has 2 aromatic carbocycles. The maximum absolute atomic E-state index is 12.9. The normalized spacial score (nSPS) is 12.2. The summed E-state index contributed by atoms with van der Waals surface area (Å²) in [5, 5.41) is 15.1. The van der Waals surface area contributed by atoms with Gasteiger partial charge >= 0.3 is 0 Å². The van der Waals surface area contributed by atoms with Crippen LogP contribution in [0.5, 0.6) is 5.75 Å². The van der Waals surface area contributed by atoms with Crippen LogP contribution in [0.2, 0.25) is 0 Å². The van der Waals surface area contributed by atoms with Crippen molar-refractivity contribution in [3.8, 4) is 17.0 Å². The van der Waals surface area contributed by atoms with Gasteiger partial charge in [-0.2, -0.15) is 5.10 Å². The third-order valence-electron chi connectivity index (χ3n) is 4.67. The number of fused-ring (bicyclic) bond motifs is 1. The molecule has 0 amide bonds. The molecule has 0 aliphatic carbocycles. The van der Waals surface area contributed by atoms with Crippen LogP contribution in [0.15, 0.2) is 76.3 Å². The van der Waals surface area contributed by atoms with Crippen LogP contribution in [-0.4, -0.2) is 25.9 Å². The van der Waals surface area contributed by atoms with E-state index in [-0.39, 0.29) is 12.1 Å². The van der Waals surface area contributed by atoms with Gasteiger partial charge in [-0.15, -0.1) is 0 Å². The van der Waals surface area contributed by atoms with E-state index < -0.39 is 6.10 Å². The predicted octanol–water partition coefficient (Wildman–Crippen LogP) is 4.06. The molecule has 2 heterocycles. The zero-order chi connectivity index (χ0) is 20.4. The van der Waals surface area contributed by atoms with Gasteiger partial charge in [0.25, 0.3) is 5.56 Å². The Hall–Kier alpha value is -2.90. The number of rotatable bonds is 6. The first-order chi connectivity index (χ1) is 14.0. The smallest absolute Gasteiger partial charge is 0.276 e. The van der Waals surface area contributed by atoms with Crippen molar-refractivity contribution < 1.29 is 9.84 Å². The molecule has 29 heavy (non-hydrogen) atoms. The van der Waals surface area contributed by atoms with E-state index in [9.17, 15) is 9.90 Å². The van der Waals surface area contributed by atoms with E-state index in [1.165, 1.54) is 4.57 Å². The molecule has 4 rings (SSSR count). The van der Waals surface area contributed by atoms with E-state index in [0.29, 0.717) is 17.8 Å². The van der Waals surface area contributed by atoms with Crippen molar-refractivity contribution in [1.29, 1.82) is 0 Å². The summed E-state index contributed by atoms with van der Waals surface area (Å²) < 4.78 is 9.44. The van der Waals surface area contributed by atoms with Crippen LogP contribution in [0.3, 0.4) is 0 Å². The minimum Gasteiger partial charge on any atom is -0.494 e. The van der Waals surface area contributed by atoms with E-state index in [0.717, 1.165) is 21.3 Å². The number of halogens is 1. The average Bonchev–Trinajstić information content (AvgIpc) is 3.16. The van der Waals surface area contributed by atoms with Crippen molar-refractivity contribution in [2.45, 2.75) is 19.6 Å². The number of benzene rings is 2. The van der Waals surface area contributed by atoms with Crippen molar-refractivity contribution in [1.82, 2.24) is 14.2 Å². The highest BCUT2D eigenvalue weighted by atomic mass is 79.9. The minimum atomic E-state index is -0.807. The maximum atomic E-state index is 12.9. The van der Waals surface area contributed by atoms with Gasteiger partial charge in [-0.25, -0.2) is 4.52 Å². The molecule has 0 bridgehead atoms. The third-order valence-corrected chi connectivity index (χ3v) is 5.16. The molecule has 4 aromatic rings. The van der Waals surface area contributed by atoms with Gasteiger partial charge in [-0.05, 0) is 42.8 Å². The highest BCUT2D eigenvalue weighted by Gasteiger charge is 2.13. The minimum absolute atomic E-state index is 0.153. The second-order valence-electron chi connectivity index (χ2n) is 6.64. The number of aliphatic hydroxyl groups is 1. The molecule has 0 saturated heterocycles. The monoisotopic (exact) mass is 453 g/mol. The van der Waals surface area contributed by atoms with Gasteiger partial charge in [0.2, 0.25) is 0 Å². The standard InChI is InChI=1S/C22H20BrN3O3/c1-2-29-18-8-6-15(7-9-18)21(27)14-25-10-11-26-20(22(25)28)13-19(24-26)16-4-3-5-17(23)12-16/h3-13,21,27H,2,14H2,1H3/t21-/m0/s1. The Balaban J connectivity index is 1.61. The lowest BCUT2D eigenvalue weighted by Crippen LogP contribution is -2.24. The summed E-state index contributed by atoms with van der Waals surface area (Å²) in [6.07, 6.45) is 2.56. The molecular formula is C22H20BrN3O3. The van der Waals surface area contributed by atoms with Crippen LogP contribution in [0.1, 0.15) is 18.6 Å². The van der Waals surface area contributed by atoms with Crippen LogP contribution in [0.4, 0.5) is 0 Å². The highest BCUT2D eigenvalue weighted by molar-refractivity contribution is 9.10. The molecule has 0 aliphatic heterocycles. The van der Waals surface area contributed by atoms with Gasteiger partial charge in [-0.3, -0.25) is 4.79 Å². The molecular weight excluding hydrogens is 434 g/mol. The fourth-order valence-corrected chi connectivity index (χ4v) is 3.60. The van der Waals surface area contributed by atoms with Gasteiger partial charge in [0, 0.05) is 22.4 Å². The number of aromatic nitrogens is 3. The first-order valence-corrected chi connectivity index (χ1v) is 10.1. The fraction of sp³-hybridized carbons (Fsp3) is 0.182. The average molecular weight is 454 g/mol. The second kappa shape index (κ2) is 8.23. The summed E-state index contributed by atoms with van der Waals surface area (Å²) in [4.78, 5) is 12.9. The summed E-state index contributed by atoms with van der Waals surface area (Å²) in [5.74, 6) is 0.751. The molecule has 0 radical (unpaired) electrons. The highest BCUT2D eigenvalue weighted by Crippen LogP contribution is 2.23. The molecule has 7 heteroatoms. The van der Waals surface area contributed by atoms with Crippen molar-refractivity contribution >= 4 is 21.4 Å². The van der Waals surface area contributed by atoms with Gasteiger partial charge in [0.05, 0.1) is 24.9 Å². The summed E-state index contributed by atoms with van der Waals surface area (Å²) in [7, 11) is 0. The summed E-state index contributed by atoms with van der Waals surface area (Å²) in [6.45, 7) is 2.66. The topological polar surface area (TPSA) is 68.8 Å². The zero-order valence-electron chi connectivity index (χ0n) is 15.8. The van der Waals surface area contributed by atoms with Crippen LogP contribution < -0.4 is 10.3 Å². The quantitative estimate of drug-likeness (QED) is 0.477. The molecule has 0 unspecified atom stereocenters. The van der Waals surface area contributed by atoms with Crippen LogP contribution in [0, 0.1) is 0 Å². The number of hydrogen-bond acceptors (Lipinski definition) is 4. The lowest BCUT2D eigenvalue weighted by atomic mass is 10.1. The van der Waals surface area contributed by atoms with Gasteiger partial charge in [0.1, 0.15) is 11.3 Å². The van der Waals surface area contributed by atoms with Crippen molar-refractivity contribution in [2.75, 3.05) is 6.61 Å². The Labute approximate surface area is 176 Å². The first kappa shape index (κ1) is 19.4. The van der Waals surface area contributed by atoms with Gasteiger partial charge in [-0.1, -0.05) is 40.2 Å². The van der Waals surface area contributed by atoms with Crippen LogP contribution in [0.25, 0.3) is 16.8 Å². The van der Waals surface area contributed by atoms with Crippen molar-refractivity contribution in [3.63, 3.8) is 0 Å². The van der Waals surface area contributed by atoms with Gasteiger partial charge in [0.15, 0.2) is 0 Å². The van der Waals surface area contributed by atoms with Crippen LogP contribution >= 0.6 is 15.9 Å². The number of aliphatic hydroxyl groups excluding tert-OH is 1. The van der Waals surface area contributed by atoms with Crippen LogP contribution in [-0.2, 0) is 6.54 Å². The molecule has 0 spiro atoms. The zero-order valence-corrected chi connectivity index (χ0v) is 17.4. The Morgan fingerprint density at radius 3 is 2.66 bits per heavy atom. The van der Waals surface area contributed by atoms with E-state index in [4.69, 9.17) is 4.74 Å². The summed E-state index contributed by atoms with van der Waals surface area (Å²) in [6, 6.07) is 16.8. The maximum Gasteiger partial charge on any atom is 0.276 e. The lowest BCUT2D eigenvalue weighted by Gasteiger charge is -2.14. The summed E-state index contributed by atoms with van der Waals surface area (Å²) in [5.41, 5.74) is 2.62. The third kappa shape index (κ3) is 4.11. The Kier molecular flexibility index (Phi) is 5.51. The Morgan fingerprint density at radius 1 is 1.14 bits per heavy atom. The second-order valence-corrected chi connectivity index (χ2v) is 7.56. The SMILES string of the molecule is CCOc1ccc([C@@H](O)Cn2ccn3nc(-c4cccc(Br)c4)cc3c2=O)cc1. The molecule has 0 aliphatic rings. The molecule has 148 valence electrons. The number of nitrogens with zero attached hydrogens (tertiary/aromatic N) is 3. The predicted molar refractivity (Wildman–Crippen MR) is 115 cm³/mol. The van der Waals surface area contributed by atoms with E-state index in [1.54, 1.807) is 23.0 Å². The largest absolute Gasteiger partial charge is 0.494 e. The molecule has 1 N–H and O–H groups in total. The lowest BCUT2D eigenvalue weighted by molar-refractivity contribution is 0.155. The van der Waals surface area contributed by atoms with E-state index in [1.807, 2.05) is 55.5 Å². The van der Waals surface area contributed by atoms with Crippen molar-refractivity contribution in [2.24, 2.45) is 0 Å². The first-order valence-electron chi connectivity index (χ1n) is 9.30. The number of ether oxygens (including phenoxy) is 1. The van der Waals surface area contributed by atoms with Crippen molar-refractivity contribution in [3.05, 3.63) is 87.4 Å². The molecule has 6 nitrogen and oxygen atoms in total. The molecule has 0 fully saturated rings. The Morgan fingerprint density at radius 2 is 1.93 bits per heavy atom. The Bertz CT molecular complexity index is 1200. The molecule has 1 atom stereocenters. The molecule has 0 saturated carbocycles. The molecule has 2 aromatic heterocycles. The van der Waals surface area contributed by atoms with E-state index in [2.05, 4.69) is 21.0 Å². The van der Waals surface area contributed by atoms with Gasteiger partial charge < -0.3 is 14.4 Å².